The topological polar surface area (TPSA) is 67.7 Å². The maximum Gasteiger partial charge on any atom is 0.258 e. The number of rotatable bonds is 8. The summed E-state index contributed by atoms with van der Waals surface area (Å²) in [5.74, 6) is 0.579. The molecule has 0 bridgehead atoms. The predicted molar refractivity (Wildman–Crippen MR) is 153 cm³/mol. The third-order valence-electron chi connectivity index (χ3n) is 7.02. The number of aryl methyl sites for hydroxylation is 1. The lowest BCUT2D eigenvalue weighted by Gasteiger charge is -2.43. The second-order valence-electron chi connectivity index (χ2n) is 9.73. The van der Waals surface area contributed by atoms with Crippen LogP contribution in [0.5, 0.6) is 5.75 Å². The van der Waals surface area contributed by atoms with Crippen molar-refractivity contribution in [1.29, 1.82) is 0 Å². The Kier molecular flexibility index (Phi) is 7.98. The highest BCUT2D eigenvalue weighted by Crippen LogP contribution is 2.43. The van der Waals surface area contributed by atoms with E-state index in [0.29, 0.717) is 23.6 Å². The van der Waals surface area contributed by atoms with Crippen LogP contribution in [0.15, 0.2) is 91.5 Å². The predicted octanol–water partition coefficient (Wildman–Crippen LogP) is 6.54. The number of amides is 2. The Morgan fingerprint density at radius 2 is 1.79 bits per heavy atom. The summed E-state index contributed by atoms with van der Waals surface area (Å²) in [4.78, 5) is 34.3. The molecule has 0 unspecified atom stereocenters. The van der Waals surface area contributed by atoms with Gasteiger partial charge in [-0.1, -0.05) is 29.8 Å². The van der Waals surface area contributed by atoms with Gasteiger partial charge >= 0.3 is 0 Å². The summed E-state index contributed by atoms with van der Waals surface area (Å²) >= 11 is 6.10. The van der Waals surface area contributed by atoms with E-state index < -0.39 is 0 Å². The van der Waals surface area contributed by atoms with Gasteiger partial charge in [0.05, 0.1) is 19.0 Å². The number of benzene rings is 3. The van der Waals surface area contributed by atoms with Gasteiger partial charge in [-0.25, -0.2) is 4.98 Å². The molecule has 8 heteroatoms. The molecule has 2 amide bonds. The molecule has 200 valence electrons. The molecule has 2 heterocycles. The van der Waals surface area contributed by atoms with Gasteiger partial charge in [-0.2, -0.15) is 0 Å². The Morgan fingerprint density at radius 1 is 1.05 bits per heavy atom. The first-order valence-corrected chi connectivity index (χ1v) is 13.5. The molecule has 2 atom stereocenters. The SMILES string of the molecule is CC(=O)N(c1ccc(Cl)cc1)[C@@H]1C[C@H](C)N(C(=O)c2ccc(OCCCn3ccnc3)cc2)c2ccccc21. The van der Waals surface area contributed by atoms with E-state index in [1.165, 1.54) is 0 Å². The van der Waals surface area contributed by atoms with Crippen molar-refractivity contribution in [2.45, 2.75) is 45.3 Å². The number of anilines is 2. The molecule has 1 aliphatic rings. The van der Waals surface area contributed by atoms with E-state index in [1.54, 1.807) is 36.5 Å². The summed E-state index contributed by atoms with van der Waals surface area (Å²) in [5, 5.41) is 0.613. The van der Waals surface area contributed by atoms with Crippen LogP contribution in [0.25, 0.3) is 0 Å². The number of carbonyl (C=O) groups excluding carboxylic acids is 2. The molecule has 4 aromatic rings. The fourth-order valence-corrected chi connectivity index (χ4v) is 5.33. The molecule has 39 heavy (non-hydrogen) atoms. The number of carbonyl (C=O) groups is 2. The maximum atomic E-state index is 13.8. The van der Waals surface area contributed by atoms with Crippen LogP contribution < -0.4 is 14.5 Å². The number of nitrogens with zero attached hydrogens (tertiary/aromatic N) is 4. The molecule has 0 aliphatic carbocycles. The van der Waals surface area contributed by atoms with Gasteiger partial charge in [0.15, 0.2) is 0 Å². The van der Waals surface area contributed by atoms with Gasteiger partial charge in [0.1, 0.15) is 5.75 Å². The second-order valence-corrected chi connectivity index (χ2v) is 10.2. The maximum absolute atomic E-state index is 13.8. The molecule has 0 N–H and O–H groups in total. The van der Waals surface area contributed by atoms with Crippen LogP contribution >= 0.6 is 11.6 Å². The van der Waals surface area contributed by atoms with Gasteiger partial charge in [-0.3, -0.25) is 9.59 Å². The van der Waals surface area contributed by atoms with Crippen molar-refractivity contribution in [3.8, 4) is 5.75 Å². The van der Waals surface area contributed by atoms with E-state index in [-0.39, 0.29) is 23.9 Å². The van der Waals surface area contributed by atoms with Gasteiger partial charge in [-0.15, -0.1) is 0 Å². The van der Waals surface area contributed by atoms with Crippen LogP contribution in [0.1, 0.15) is 48.7 Å². The minimum Gasteiger partial charge on any atom is -0.494 e. The third kappa shape index (κ3) is 5.83. The highest BCUT2D eigenvalue weighted by Gasteiger charge is 2.38. The number of hydrogen-bond acceptors (Lipinski definition) is 4. The van der Waals surface area contributed by atoms with Gasteiger partial charge in [0.2, 0.25) is 5.91 Å². The lowest BCUT2D eigenvalue weighted by Crippen LogP contribution is -2.47. The van der Waals surface area contributed by atoms with Crippen LogP contribution in [0.4, 0.5) is 11.4 Å². The normalized spacial score (nSPS) is 16.4. The summed E-state index contributed by atoms with van der Waals surface area (Å²) in [7, 11) is 0. The molecule has 1 aliphatic heterocycles. The van der Waals surface area contributed by atoms with Crippen molar-refractivity contribution in [1.82, 2.24) is 9.55 Å². The van der Waals surface area contributed by atoms with Gasteiger partial charge in [-0.05, 0) is 79.9 Å². The molecule has 0 radical (unpaired) electrons. The zero-order valence-electron chi connectivity index (χ0n) is 22.0. The fraction of sp³-hybridized carbons (Fsp3) is 0.258. The van der Waals surface area contributed by atoms with Crippen LogP contribution in [-0.4, -0.2) is 34.0 Å². The molecule has 1 aromatic heterocycles. The van der Waals surface area contributed by atoms with Gasteiger partial charge < -0.3 is 19.1 Å². The Labute approximate surface area is 233 Å². The van der Waals surface area contributed by atoms with Crippen LogP contribution in [-0.2, 0) is 11.3 Å². The monoisotopic (exact) mass is 542 g/mol. The lowest BCUT2D eigenvalue weighted by molar-refractivity contribution is -0.117. The summed E-state index contributed by atoms with van der Waals surface area (Å²) in [6.45, 7) is 5.01. The molecule has 0 spiro atoms. The number of aromatic nitrogens is 2. The number of halogens is 1. The minimum absolute atomic E-state index is 0.0651. The number of para-hydroxylation sites is 1. The van der Waals surface area contributed by atoms with Crippen LogP contribution in [0.2, 0.25) is 5.02 Å². The zero-order valence-corrected chi connectivity index (χ0v) is 22.8. The second kappa shape index (κ2) is 11.7. The number of imidazole rings is 1. The van der Waals surface area contributed by atoms with Gasteiger partial charge in [0.25, 0.3) is 5.91 Å². The van der Waals surface area contributed by atoms with Crippen molar-refractivity contribution >= 4 is 34.8 Å². The average Bonchev–Trinajstić information content (AvgIpc) is 3.46. The first-order valence-electron chi connectivity index (χ1n) is 13.1. The summed E-state index contributed by atoms with van der Waals surface area (Å²) in [6.07, 6.45) is 6.93. The van der Waals surface area contributed by atoms with Crippen molar-refractivity contribution in [2.75, 3.05) is 16.4 Å². The van der Waals surface area contributed by atoms with E-state index in [1.807, 2.05) is 83.3 Å². The van der Waals surface area contributed by atoms with E-state index in [2.05, 4.69) is 4.98 Å². The van der Waals surface area contributed by atoms with E-state index in [4.69, 9.17) is 16.3 Å². The third-order valence-corrected chi connectivity index (χ3v) is 7.28. The Morgan fingerprint density at radius 3 is 2.49 bits per heavy atom. The Balaban J connectivity index is 1.33. The first kappa shape index (κ1) is 26.5. The van der Waals surface area contributed by atoms with E-state index in [9.17, 15) is 9.59 Å². The highest BCUT2D eigenvalue weighted by molar-refractivity contribution is 6.30. The molecular weight excluding hydrogens is 512 g/mol. The van der Waals surface area contributed by atoms with Crippen molar-refractivity contribution in [2.24, 2.45) is 0 Å². The lowest BCUT2D eigenvalue weighted by atomic mass is 9.89. The molecular formula is C31H31ClN4O3. The number of ether oxygens (including phenoxy) is 1. The average molecular weight is 543 g/mol. The molecule has 3 aromatic carbocycles. The number of fused-ring (bicyclic) bond motifs is 1. The molecule has 0 fully saturated rings. The number of hydrogen-bond donors (Lipinski definition) is 0. The minimum atomic E-state index is -0.211. The van der Waals surface area contributed by atoms with Crippen molar-refractivity contribution < 1.29 is 14.3 Å². The summed E-state index contributed by atoms with van der Waals surface area (Å²) < 4.78 is 7.88. The van der Waals surface area contributed by atoms with Crippen LogP contribution in [0.3, 0.4) is 0 Å². The molecule has 5 rings (SSSR count). The van der Waals surface area contributed by atoms with Crippen molar-refractivity contribution in [3.05, 3.63) is 108 Å². The van der Waals surface area contributed by atoms with Gasteiger partial charge in [0, 0.05) is 53.9 Å². The Hall–Kier alpha value is -4.10. The largest absolute Gasteiger partial charge is 0.494 e. The quantitative estimate of drug-likeness (QED) is 0.237. The van der Waals surface area contributed by atoms with Crippen molar-refractivity contribution in [3.63, 3.8) is 0 Å². The molecule has 0 saturated carbocycles. The molecule has 7 nitrogen and oxygen atoms in total. The zero-order chi connectivity index (χ0) is 27.4. The smallest absolute Gasteiger partial charge is 0.258 e. The first-order chi connectivity index (χ1) is 18.9. The fourth-order valence-electron chi connectivity index (χ4n) is 5.21. The summed E-state index contributed by atoms with van der Waals surface area (Å²) in [6, 6.07) is 22.1. The standard InChI is InChI=1S/C31H31ClN4O3/c1-22-20-30(36(23(2)37)26-12-10-25(32)11-13-26)28-6-3-4-7-29(28)35(22)31(38)24-8-14-27(15-9-24)39-19-5-17-34-18-16-33-21-34/h3-4,6-16,18,21-22,30H,5,17,19-20H2,1-2H3/t22-,30+/m0/s1. The Bertz CT molecular complexity index is 1420. The van der Waals surface area contributed by atoms with E-state index in [0.717, 1.165) is 35.7 Å². The van der Waals surface area contributed by atoms with E-state index >= 15 is 0 Å². The summed E-state index contributed by atoms with van der Waals surface area (Å²) in [5.41, 5.74) is 3.11. The van der Waals surface area contributed by atoms with Crippen LogP contribution in [0, 0.1) is 0 Å². The highest BCUT2D eigenvalue weighted by atomic mass is 35.5. The molecule has 0 saturated heterocycles.